The van der Waals surface area contributed by atoms with E-state index in [2.05, 4.69) is 10.6 Å². The minimum Gasteiger partial charge on any atom is -0.423 e. The third-order valence-electron chi connectivity index (χ3n) is 5.50. The van der Waals surface area contributed by atoms with Gasteiger partial charge in [-0.15, -0.1) is 0 Å². The summed E-state index contributed by atoms with van der Waals surface area (Å²) in [6.45, 7) is 1.68. The van der Waals surface area contributed by atoms with Gasteiger partial charge in [0.25, 0.3) is 0 Å². The van der Waals surface area contributed by atoms with E-state index in [1.54, 1.807) is 6.07 Å². The van der Waals surface area contributed by atoms with Crippen LogP contribution in [0.3, 0.4) is 0 Å². The van der Waals surface area contributed by atoms with Crippen molar-refractivity contribution >= 4 is 62.4 Å². The van der Waals surface area contributed by atoms with Crippen LogP contribution in [0.15, 0.2) is 60.9 Å². The van der Waals surface area contributed by atoms with Crippen LogP contribution >= 0.6 is 34.8 Å². The van der Waals surface area contributed by atoms with Crippen molar-refractivity contribution < 1.29 is 22.0 Å². The van der Waals surface area contributed by atoms with Crippen molar-refractivity contribution in [2.75, 3.05) is 18.4 Å². The summed E-state index contributed by atoms with van der Waals surface area (Å²) in [6.07, 6.45) is -2.74. The number of halogens is 6. The Hall–Kier alpha value is -2.72. The Morgan fingerprint density at radius 3 is 2.14 bits per heavy atom. The standard InChI is InChI=1S/C15H15F3N2O2.C9H3Cl3O2/c16-15(17,18)9-1-2-13-11(7-9)12(8-14(21)22-13)20-10-3-5-19-6-4-10;10-5-3-9(13)14-8-2-7(12)6(11)1-4(5)8/h1-2,7-8,10,19-20H,3-6H2;1-3H. The molecule has 12 heteroatoms. The smallest absolute Gasteiger partial charge is 0.416 e. The molecule has 0 saturated carbocycles. The van der Waals surface area contributed by atoms with Crippen LogP contribution in [0.4, 0.5) is 18.9 Å². The molecule has 190 valence electrons. The van der Waals surface area contributed by atoms with Gasteiger partial charge in [0, 0.05) is 35.0 Å². The lowest BCUT2D eigenvalue weighted by Crippen LogP contribution is -2.35. The SMILES string of the molecule is O=c1cc(Cl)c2cc(Cl)c(Cl)cc2o1.O=c1cc(NC2CCNCC2)c2cc(C(F)(F)F)ccc2o1. The molecule has 1 fully saturated rings. The Morgan fingerprint density at radius 2 is 1.44 bits per heavy atom. The minimum atomic E-state index is -4.43. The van der Waals surface area contributed by atoms with E-state index in [0.29, 0.717) is 31.7 Å². The molecule has 2 aromatic heterocycles. The Morgan fingerprint density at radius 1 is 0.806 bits per heavy atom. The van der Waals surface area contributed by atoms with E-state index in [0.717, 1.165) is 38.1 Å². The van der Waals surface area contributed by atoms with Crippen LogP contribution in [-0.4, -0.2) is 19.1 Å². The zero-order valence-electron chi connectivity index (χ0n) is 18.3. The average Bonchev–Trinajstić information content (AvgIpc) is 2.80. The van der Waals surface area contributed by atoms with E-state index >= 15 is 0 Å². The van der Waals surface area contributed by atoms with E-state index in [4.69, 9.17) is 43.6 Å². The van der Waals surface area contributed by atoms with Crippen LogP contribution in [0.25, 0.3) is 21.9 Å². The monoisotopic (exact) mass is 560 g/mol. The second-order valence-corrected chi connectivity index (χ2v) is 9.25. The molecule has 36 heavy (non-hydrogen) atoms. The van der Waals surface area contributed by atoms with Crippen molar-refractivity contribution in [3.05, 3.63) is 83.9 Å². The summed E-state index contributed by atoms with van der Waals surface area (Å²) in [5, 5.41) is 8.22. The van der Waals surface area contributed by atoms with Gasteiger partial charge in [-0.1, -0.05) is 34.8 Å². The third kappa shape index (κ3) is 6.15. The van der Waals surface area contributed by atoms with Gasteiger partial charge in [0.15, 0.2) is 0 Å². The fourth-order valence-corrected chi connectivity index (χ4v) is 4.32. The third-order valence-corrected chi connectivity index (χ3v) is 6.54. The molecule has 2 N–H and O–H groups in total. The highest BCUT2D eigenvalue weighted by Crippen LogP contribution is 2.34. The van der Waals surface area contributed by atoms with Crippen LogP contribution in [0.2, 0.25) is 15.1 Å². The molecule has 0 aliphatic carbocycles. The maximum atomic E-state index is 12.9. The number of fused-ring (bicyclic) bond motifs is 2. The van der Waals surface area contributed by atoms with Gasteiger partial charge in [-0.2, -0.15) is 13.2 Å². The number of hydrogen-bond acceptors (Lipinski definition) is 6. The van der Waals surface area contributed by atoms with Crippen LogP contribution in [0, 0.1) is 0 Å². The fourth-order valence-electron chi connectivity index (χ4n) is 3.76. The number of anilines is 1. The molecular weight excluding hydrogens is 544 g/mol. The predicted octanol–water partition coefficient (Wildman–Crippen LogP) is 6.73. The number of rotatable bonds is 2. The molecular formula is C24H18Cl3F3N2O4. The quantitative estimate of drug-likeness (QED) is 0.264. The summed E-state index contributed by atoms with van der Waals surface area (Å²) < 4.78 is 48.5. The lowest BCUT2D eigenvalue weighted by atomic mass is 10.0. The van der Waals surface area contributed by atoms with Gasteiger partial charge in [-0.3, -0.25) is 0 Å². The zero-order valence-corrected chi connectivity index (χ0v) is 20.6. The van der Waals surface area contributed by atoms with Crippen molar-refractivity contribution in [2.45, 2.75) is 25.1 Å². The largest absolute Gasteiger partial charge is 0.423 e. The Kier molecular flexibility index (Phi) is 7.85. The van der Waals surface area contributed by atoms with E-state index < -0.39 is 23.0 Å². The van der Waals surface area contributed by atoms with E-state index in [1.807, 2.05) is 0 Å². The molecule has 0 bridgehead atoms. The van der Waals surface area contributed by atoms with Crippen molar-refractivity contribution in [3.8, 4) is 0 Å². The van der Waals surface area contributed by atoms with E-state index in [1.165, 1.54) is 24.3 Å². The van der Waals surface area contributed by atoms with Gasteiger partial charge in [-0.05, 0) is 50.2 Å². The Bertz CT molecular complexity index is 1530. The van der Waals surface area contributed by atoms with E-state index in [-0.39, 0.29) is 17.0 Å². The highest BCUT2D eigenvalue weighted by Gasteiger charge is 2.31. The average molecular weight is 562 g/mol. The predicted molar refractivity (Wildman–Crippen MR) is 135 cm³/mol. The van der Waals surface area contributed by atoms with Gasteiger partial charge in [0.2, 0.25) is 0 Å². The molecule has 0 unspecified atom stereocenters. The molecule has 0 atom stereocenters. The second kappa shape index (κ2) is 10.7. The van der Waals surface area contributed by atoms with Gasteiger partial charge >= 0.3 is 17.4 Å². The summed E-state index contributed by atoms with van der Waals surface area (Å²) in [6, 6.07) is 8.67. The van der Waals surface area contributed by atoms with Gasteiger partial charge < -0.3 is 19.5 Å². The van der Waals surface area contributed by atoms with Gasteiger partial charge in [-0.25, -0.2) is 9.59 Å². The maximum Gasteiger partial charge on any atom is 0.416 e. The Balaban J connectivity index is 0.000000187. The van der Waals surface area contributed by atoms with Crippen molar-refractivity contribution in [3.63, 3.8) is 0 Å². The molecule has 5 rings (SSSR count). The highest BCUT2D eigenvalue weighted by molar-refractivity contribution is 6.43. The van der Waals surface area contributed by atoms with Crippen LogP contribution in [-0.2, 0) is 6.18 Å². The maximum absolute atomic E-state index is 12.9. The molecule has 1 aliphatic rings. The first-order valence-corrected chi connectivity index (χ1v) is 11.9. The molecule has 0 radical (unpaired) electrons. The number of hydrogen-bond donors (Lipinski definition) is 2. The summed E-state index contributed by atoms with van der Waals surface area (Å²) in [4.78, 5) is 22.6. The van der Waals surface area contributed by atoms with Crippen LogP contribution < -0.4 is 21.9 Å². The molecule has 6 nitrogen and oxygen atoms in total. The normalized spacial score (nSPS) is 14.5. The van der Waals surface area contributed by atoms with Crippen LogP contribution in [0.5, 0.6) is 0 Å². The van der Waals surface area contributed by atoms with Crippen molar-refractivity contribution in [2.24, 2.45) is 0 Å². The zero-order chi connectivity index (χ0) is 26.0. The fraction of sp³-hybridized carbons (Fsp3) is 0.250. The Labute approximate surface area is 216 Å². The topological polar surface area (TPSA) is 84.5 Å². The lowest BCUT2D eigenvalue weighted by Gasteiger charge is -2.25. The molecule has 0 spiro atoms. The minimum absolute atomic E-state index is 0.126. The number of nitrogens with one attached hydrogen (secondary N) is 2. The number of piperidine rings is 1. The van der Waals surface area contributed by atoms with E-state index in [9.17, 15) is 22.8 Å². The van der Waals surface area contributed by atoms with Crippen molar-refractivity contribution in [1.29, 1.82) is 0 Å². The number of benzene rings is 2. The second-order valence-electron chi connectivity index (χ2n) is 8.03. The molecule has 1 aliphatic heterocycles. The first-order chi connectivity index (χ1) is 17.0. The molecule has 4 aromatic rings. The molecule has 1 saturated heterocycles. The summed E-state index contributed by atoms with van der Waals surface area (Å²) in [5.74, 6) is 0. The highest BCUT2D eigenvalue weighted by atomic mass is 35.5. The first-order valence-electron chi connectivity index (χ1n) is 10.7. The van der Waals surface area contributed by atoms with Crippen LogP contribution in [0.1, 0.15) is 18.4 Å². The summed E-state index contributed by atoms with van der Waals surface area (Å²) in [5.41, 5.74) is -0.982. The lowest BCUT2D eigenvalue weighted by molar-refractivity contribution is -0.137. The first kappa shape index (κ1) is 26.3. The van der Waals surface area contributed by atoms with Gasteiger partial charge in [0.1, 0.15) is 11.2 Å². The van der Waals surface area contributed by atoms with Gasteiger partial charge in [0.05, 0.1) is 26.3 Å². The molecule has 0 amide bonds. The van der Waals surface area contributed by atoms with Crippen molar-refractivity contribution in [1.82, 2.24) is 5.32 Å². The number of alkyl halides is 3. The summed E-state index contributed by atoms with van der Waals surface area (Å²) >= 11 is 17.4. The summed E-state index contributed by atoms with van der Waals surface area (Å²) in [7, 11) is 0. The molecule has 2 aromatic carbocycles. The molecule has 3 heterocycles.